The molecule has 132 valence electrons. The fourth-order valence-electron chi connectivity index (χ4n) is 2.43. The van der Waals surface area contributed by atoms with Gasteiger partial charge in [0.05, 0.1) is 11.6 Å². The number of amides is 1. The predicted octanol–water partition coefficient (Wildman–Crippen LogP) is 4.01. The van der Waals surface area contributed by atoms with Gasteiger partial charge in [-0.15, -0.1) is 11.8 Å². The molecule has 0 fully saturated rings. The summed E-state index contributed by atoms with van der Waals surface area (Å²) in [5, 5.41) is 2.85. The Morgan fingerprint density at radius 3 is 2.44 bits per heavy atom. The van der Waals surface area contributed by atoms with Gasteiger partial charge in [-0.1, -0.05) is 43.3 Å². The number of rotatable bonds is 7. The quantitative estimate of drug-likeness (QED) is 0.601. The lowest BCUT2D eigenvalue weighted by Gasteiger charge is -2.15. The van der Waals surface area contributed by atoms with Gasteiger partial charge in [0.2, 0.25) is 0 Å². The summed E-state index contributed by atoms with van der Waals surface area (Å²) in [4.78, 5) is 25.0. The van der Waals surface area contributed by atoms with Gasteiger partial charge in [-0.2, -0.15) is 0 Å². The van der Waals surface area contributed by atoms with E-state index in [1.807, 2.05) is 37.4 Å². The molecule has 2 aromatic rings. The van der Waals surface area contributed by atoms with E-state index >= 15 is 0 Å². The Morgan fingerprint density at radius 2 is 1.80 bits per heavy atom. The van der Waals surface area contributed by atoms with Crippen molar-refractivity contribution in [2.75, 3.05) is 12.9 Å². The second kappa shape index (κ2) is 9.28. The van der Waals surface area contributed by atoms with Crippen LogP contribution in [0.5, 0.6) is 0 Å². The van der Waals surface area contributed by atoms with Crippen molar-refractivity contribution in [1.29, 1.82) is 0 Å². The van der Waals surface area contributed by atoms with Crippen LogP contribution in [0.2, 0.25) is 0 Å². The maximum absolute atomic E-state index is 12.1. The van der Waals surface area contributed by atoms with Crippen LogP contribution in [-0.4, -0.2) is 24.7 Å². The molecule has 2 aromatic carbocycles. The second-order valence-electron chi connectivity index (χ2n) is 5.66. The number of esters is 1. The highest BCUT2D eigenvalue weighted by Crippen LogP contribution is 2.20. The number of thioether (sulfide) groups is 1. The van der Waals surface area contributed by atoms with E-state index in [0.717, 1.165) is 16.9 Å². The van der Waals surface area contributed by atoms with Crippen molar-refractivity contribution >= 4 is 23.6 Å². The fraction of sp³-hybridized carbons (Fsp3) is 0.300. The highest BCUT2D eigenvalue weighted by Gasteiger charge is 2.15. The lowest BCUT2D eigenvalue weighted by molar-refractivity contribution is -0.124. The van der Waals surface area contributed by atoms with Gasteiger partial charge in [0.25, 0.3) is 5.91 Å². The lowest BCUT2D eigenvalue weighted by atomic mass is 10.1. The average molecular weight is 357 g/mol. The van der Waals surface area contributed by atoms with Crippen molar-refractivity contribution in [3.63, 3.8) is 0 Å². The first kappa shape index (κ1) is 19.1. The molecule has 0 spiro atoms. The van der Waals surface area contributed by atoms with E-state index < -0.39 is 5.97 Å². The van der Waals surface area contributed by atoms with Gasteiger partial charge in [-0.05, 0) is 42.9 Å². The number of carbonyl (C=O) groups is 2. The van der Waals surface area contributed by atoms with Crippen LogP contribution >= 0.6 is 11.8 Å². The summed E-state index contributed by atoms with van der Waals surface area (Å²) < 4.78 is 5.14. The number of ether oxygens (including phenoxy) is 1. The zero-order valence-electron chi connectivity index (χ0n) is 14.7. The van der Waals surface area contributed by atoms with Crippen LogP contribution in [-0.2, 0) is 16.0 Å². The van der Waals surface area contributed by atoms with Crippen molar-refractivity contribution in [3.05, 3.63) is 65.2 Å². The molecule has 0 aliphatic rings. The maximum atomic E-state index is 12.1. The second-order valence-corrected chi connectivity index (χ2v) is 6.51. The van der Waals surface area contributed by atoms with E-state index in [9.17, 15) is 9.59 Å². The Balaban J connectivity index is 1.88. The molecule has 0 radical (unpaired) electrons. The van der Waals surface area contributed by atoms with Crippen LogP contribution in [0.25, 0.3) is 0 Å². The Bertz CT molecular complexity index is 728. The summed E-state index contributed by atoms with van der Waals surface area (Å²) in [7, 11) is 0. The number of aryl methyl sites for hydroxylation is 1. The molecular formula is C20H23NO3S. The van der Waals surface area contributed by atoms with E-state index in [0.29, 0.717) is 5.56 Å². The summed E-state index contributed by atoms with van der Waals surface area (Å²) in [6.07, 6.45) is 2.87. The molecule has 0 heterocycles. The van der Waals surface area contributed by atoms with Gasteiger partial charge < -0.3 is 10.1 Å². The van der Waals surface area contributed by atoms with Crippen LogP contribution in [0.3, 0.4) is 0 Å². The van der Waals surface area contributed by atoms with Gasteiger partial charge in [-0.3, -0.25) is 4.79 Å². The molecule has 25 heavy (non-hydrogen) atoms. The van der Waals surface area contributed by atoms with Gasteiger partial charge in [0.15, 0.2) is 6.61 Å². The van der Waals surface area contributed by atoms with E-state index in [-0.39, 0.29) is 18.6 Å². The molecule has 0 saturated carbocycles. The van der Waals surface area contributed by atoms with Gasteiger partial charge in [-0.25, -0.2) is 4.79 Å². The van der Waals surface area contributed by atoms with Crippen molar-refractivity contribution in [3.8, 4) is 0 Å². The molecule has 0 aromatic heterocycles. The first-order valence-corrected chi connectivity index (χ1v) is 9.46. The smallest absolute Gasteiger partial charge is 0.339 e. The summed E-state index contributed by atoms with van der Waals surface area (Å²) in [5.41, 5.74) is 2.75. The molecule has 1 atom stereocenters. The normalized spacial score (nSPS) is 11.6. The molecule has 0 aliphatic heterocycles. The number of benzene rings is 2. The molecule has 0 aliphatic carbocycles. The first-order chi connectivity index (χ1) is 12.0. The molecule has 0 bridgehead atoms. The van der Waals surface area contributed by atoms with E-state index in [1.165, 1.54) is 17.3 Å². The minimum absolute atomic E-state index is 0.143. The Hall–Kier alpha value is -2.27. The molecule has 1 amide bonds. The number of nitrogens with one attached hydrogen (secondary N) is 1. The Labute approximate surface area is 153 Å². The summed E-state index contributed by atoms with van der Waals surface area (Å²) in [6, 6.07) is 15.2. The average Bonchev–Trinajstić information content (AvgIpc) is 2.66. The number of hydrogen-bond donors (Lipinski definition) is 1. The van der Waals surface area contributed by atoms with Gasteiger partial charge >= 0.3 is 5.97 Å². The fourth-order valence-corrected chi connectivity index (χ4v) is 3.02. The largest absolute Gasteiger partial charge is 0.452 e. The standard InChI is InChI=1S/C20H23NO3S/c1-4-15-9-11-16(12-10-15)14(2)21-19(22)13-24-20(23)17-7-5-6-8-18(17)25-3/h5-12,14H,4,13H2,1-3H3,(H,21,22)/t14-/m1/s1. The minimum atomic E-state index is -0.486. The minimum Gasteiger partial charge on any atom is -0.452 e. The topological polar surface area (TPSA) is 55.4 Å². The van der Waals surface area contributed by atoms with Crippen molar-refractivity contribution in [2.45, 2.75) is 31.2 Å². The third-order valence-corrected chi connectivity index (χ3v) is 4.72. The molecule has 0 saturated heterocycles. The molecule has 5 heteroatoms. The molecule has 2 rings (SSSR count). The zero-order valence-corrected chi connectivity index (χ0v) is 15.6. The molecule has 4 nitrogen and oxygen atoms in total. The number of hydrogen-bond acceptors (Lipinski definition) is 4. The molecule has 0 unspecified atom stereocenters. The van der Waals surface area contributed by atoms with E-state index in [2.05, 4.69) is 24.4 Å². The van der Waals surface area contributed by atoms with Crippen LogP contribution in [0.4, 0.5) is 0 Å². The highest BCUT2D eigenvalue weighted by atomic mass is 32.2. The third-order valence-electron chi connectivity index (χ3n) is 3.93. The Morgan fingerprint density at radius 1 is 1.12 bits per heavy atom. The highest BCUT2D eigenvalue weighted by molar-refractivity contribution is 7.98. The summed E-state index contributed by atoms with van der Waals surface area (Å²) >= 11 is 1.47. The van der Waals surface area contributed by atoms with Crippen molar-refractivity contribution in [1.82, 2.24) is 5.32 Å². The molecular weight excluding hydrogens is 334 g/mol. The van der Waals surface area contributed by atoms with Crippen molar-refractivity contribution < 1.29 is 14.3 Å². The monoisotopic (exact) mass is 357 g/mol. The van der Waals surface area contributed by atoms with Crippen molar-refractivity contribution in [2.24, 2.45) is 0 Å². The number of carbonyl (C=O) groups excluding carboxylic acids is 2. The third kappa shape index (κ3) is 5.36. The Kier molecular flexibility index (Phi) is 7.07. The van der Waals surface area contributed by atoms with Crippen LogP contribution in [0.15, 0.2) is 53.4 Å². The SMILES string of the molecule is CCc1ccc([C@@H](C)NC(=O)COC(=O)c2ccccc2SC)cc1. The van der Waals surface area contributed by atoms with Gasteiger partial charge in [0.1, 0.15) is 0 Å². The summed E-state index contributed by atoms with van der Waals surface area (Å²) in [6.45, 7) is 3.71. The van der Waals surface area contributed by atoms with E-state index in [4.69, 9.17) is 4.74 Å². The first-order valence-electron chi connectivity index (χ1n) is 8.23. The maximum Gasteiger partial charge on any atom is 0.339 e. The lowest BCUT2D eigenvalue weighted by Crippen LogP contribution is -2.31. The van der Waals surface area contributed by atoms with Gasteiger partial charge in [0, 0.05) is 4.90 Å². The van der Waals surface area contributed by atoms with Crippen LogP contribution < -0.4 is 5.32 Å². The molecule has 1 N–H and O–H groups in total. The van der Waals surface area contributed by atoms with Crippen LogP contribution in [0, 0.1) is 0 Å². The zero-order chi connectivity index (χ0) is 18.2. The van der Waals surface area contributed by atoms with E-state index in [1.54, 1.807) is 12.1 Å². The predicted molar refractivity (Wildman–Crippen MR) is 101 cm³/mol. The summed E-state index contributed by atoms with van der Waals surface area (Å²) in [5.74, 6) is -0.804. The van der Waals surface area contributed by atoms with Crippen LogP contribution in [0.1, 0.15) is 41.4 Å².